The Hall–Kier alpha value is -3.49. The van der Waals surface area contributed by atoms with Crippen molar-refractivity contribution in [3.8, 4) is 5.00 Å². The van der Waals surface area contributed by atoms with Crippen molar-refractivity contribution in [2.24, 2.45) is 4.99 Å². The van der Waals surface area contributed by atoms with Gasteiger partial charge in [0, 0.05) is 34.0 Å². The predicted octanol–water partition coefficient (Wildman–Crippen LogP) is 4.96. The summed E-state index contributed by atoms with van der Waals surface area (Å²) in [6.45, 7) is 1.20. The molecule has 4 aromatic rings. The molecule has 170 valence electrons. The van der Waals surface area contributed by atoms with Crippen molar-refractivity contribution >= 4 is 34.7 Å². The number of aromatic nitrogens is 3. The van der Waals surface area contributed by atoms with Gasteiger partial charge in [0.25, 0.3) is 0 Å². The number of carbonyl (C=O) groups is 1. The van der Waals surface area contributed by atoms with Crippen LogP contribution in [-0.2, 0) is 25.9 Å². The first-order chi connectivity index (χ1) is 16.6. The van der Waals surface area contributed by atoms with Gasteiger partial charge in [-0.15, -0.1) is 21.5 Å². The van der Waals surface area contributed by atoms with E-state index in [1.807, 2.05) is 42.5 Å². The summed E-state index contributed by atoms with van der Waals surface area (Å²) >= 11 is 8.22. The van der Waals surface area contributed by atoms with Crippen molar-refractivity contribution in [3.05, 3.63) is 98.4 Å². The highest BCUT2D eigenvalue weighted by Gasteiger charge is 2.33. The number of aliphatic imine (C=N–C) groups is 1. The highest BCUT2D eigenvalue weighted by Crippen LogP contribution is 2.40. The summed E-state index contributed by atoms with van der Waals surface area (Å²) in [4.78, 5) is 19.1. The van der Waals surface area contributed by atoms with Crippen LogP contribution in [-0.4, -0.2) is 43.1 Å². The summed E-state index contributed by atoms with van der Waals surface area (Å²) < 4.78 is 2.11. The van der Waals surface area contributed by atoms with Gasteiger partial charge in [0.05, 0.1) is 12.3 Å². The number of benzene rings is 2. The van der Waals surface area contributed by atoms with Crippen molar-refractivity contribution in [2.45, 2.75) is 25.9 Å². The van der Waals surface area contributed by atoms with Crippen LogP contribution in [0, 0.1) is 0 Å². The van der Waals surface area contributed by atoms with E-state index in [-0.39, 0.29) is 0 Å². The van der Waals surface area contributed by atoms with Crippen LogP contribution in [0.5, 0.6) is 0 Å². The average molecular weight is 490 g/mol. The minimum atomic E-state index is -0.899. The Morgan fingerprint density at radius 1 is 1.09 bits per heavy atom. The summed E-state index contributed by atoms with van der Waals surface area (Å²) in [5.41, 5.74) is 5.01. The van der Waals surface area contributed by atoms with Crippen molar-refractivity contribution in [2.75, 3.05) is 6.54 Å². The van der Waals surface area contributed by atoms with Crippen LogP contribution in [0.4, 0.5) is 4.79 Å². The van der Waals surface area contributed by atoms with Gasteiger partial charge in [-0.1, -0.05) is 60.1 Å². The molecule has 0 atom stereocenters. The summed E-state index contributed by atoms with van der Waals surface area (Å²) in [5, 5.41) is 20.2. The molecule has 4 heterocycles. The Morgan fingerprint density at radius 2 is 1.88 bits per heavy atom. The number of hydrogen-bond acceptors (Lipinski definition) is 5. The van der Waals surface area contributed by atoms with Gasteiger partial charge in [-0.25, -0.2) is 4.79 Å². The highest BCUT2D eigenvalue weighted by molar-refractivity contribution is 7.15. The van der Waals surface area contributed by atoms with Crippen molar-refractivity contribution in [3.63, 3.8) is 0 Å². The Labute approximate surface area is 205 Å². The Bertz CT molecular complexity index is 1440. The first-order valence-electron chi connectivity index (χ1n) is 11.0. The Morgan fingerprint density at radius 3 is 2.68 bits per heavy atom. The molecular weight excluding hydrogens is 470 g/mol. The van der Waals surface area contributed by atoms with E-state index in [4.69, 9.17) is 16.6 Å². The minimum Gasteiger partial charge on any atom is -0.465 e. The van der Waals surface area contributed by atoms with Gasteiger partial charge < -0.3 is 10.0 Å². The number of fused-ring (bicyclic) bond motifs is 5. The molecule has 0 spiro atoms. The second-order valence-corrected chi connectivity index (χ2v) is 9.80. The fourth-order valence-electron chi connectivity index (χ4n) is 4.64. The lowest BCUT2D eigenvalue weighted by atomic mass is 9.95. The SMILES string of the molecule is O=C(O)N1CCc2c(sc3c2C(c2ccccc2Cl)=NCc2nnc(Cc4ccccc4)n2-3)C1. The third kappa shape index (κ3) is 3.50. The summed E-state index contributed by atoms with van der Waals surface area (Å²) in [5.74, 6) is 1.61. The molecule has 2 aliphatic rings. The van der Waals surface area contributed by atoms with E-state index in [1.165, 1.54) is 4.90 Å². The van der Waals surface area contributed by atoms with Gasteiger partial charge in [0.2, 0.25) is 0 Å². The van der Waals surface area contributed by atoms with E-state index in [2.05, 4.69) is 26.9 Å². The Balaban J connectivity index is 1.55. The molecule has 0 fully saturated rings. The molecule has 9 heteroatoms. The van der Waals surface area contributed by atoms with Crippen LogP contribution in [0.15, 0.2) is 59.6 Å². The van der Waals surface area contributed by atoms with E-state index in [0.717, 1.165) is 49.5 Å². The maximum absolute atomic E-state index is 11.7. The van der Waals surface area contributed by atoms with E-state index in [1.54, 1.807) is 11.3 Å². The summed E-state index contributed by atoms with van der Waals surface area (Å²) in [6, 6.07) is 17.9. The number of hydrogen-bond donors (Lipinski definition) is 1. The molecule has 2 aromatic heterocycles. The molecule has 1 amide bonds. The van der Waals surface area contributed by atoms with Crippen LogP contribution in [0.2, 0.25) is 5.02 Å². The lowest BCUT2D eigenvalue weighted by molar-refractivity contribution is 0.140. The number of carboxylic acid groups (broad SMARTS) is 1. The lowest BCUT2D eigenvalue weighted by Crippen LogP contribution is -2.34. The van der Waals surface area contributed by atoms with Gasteiger partial charge >= 0.3 is 6.09 Å². The molecule has 0 unspecified atom stereocenters. The highest BCUT2D eigenvalue weighted by atomic mass is 35.5. The topological polar surface area (TPSA) is 83.6 Å². The zero-order chi connectivity index (χ0) is 23.2. The molecule has 0 bridgehead atoms. The average Bonchev–Trinajstić information content (AvgIpc) is 3.37. The number of nitrogens with zero attached hydrogens (tertiary/aromatic N) is 5. The predicted molar refractivity (Wildman–Crippen MR) is 131 cm³/mol. The quantitative estimate of drug-likeness (QED) is 0.441. The largest absolute Gasteiger partial charge is 0.465 e. The van der Waals surface area contributed by atoms with E-state index in [9.17, 15) is 9.90 Å². The number of halogens is 1. The van der Waals surface area contributed by atoms with Crippen LogP contribution < -0.4 is 0 Å². The van der Waals surface area contributed by atoms with Crippen LogP contribution in [0.1, 0.15) is 38.8 Å². The summed E-state index contributed by atoms with van der Waals surface area (Å²) in [7, 11) is 0. The first-order valence-corrected chi connectivity index (χ1v) is 12.2. The van der Waals surface area contributed by atoms with Crippen molar-refractivity contribution < 1.29 is 9.90 Å². The molecule has 0 aliphatic carbocycles. The van der Waals surface area contributed by atoms with Gasteiger partial charge in [-0.2, -0.15) is 0 Å². The lowest BCUT2D eigenvalue weighted by Gasteiger charge is -2.24. The normalized spacial score (nSPS) is 14.6. The zero-order valence-electron chi connectivity index (χ0n) is 18.1. The van der Waals surface area contributed by atoms with Gasteiger partial charge in [0.15, 0.2) is 5.82 Å². The standard InChI is InChI=1S/C25H20ClN5O2S/c26-18-9-5-4-8-16(18)23-22-17-10-11-30(25(32)33)14-19(17)34-24(22)31-20(28-29-21(31)13-27-23)12-15-6-2-1-3-7-15/h1-9H,10-14H2,(H,32,33). The number of rotatable bonds is 3. The van der Waals surface area contributed by atoms with Gasteiger partial charge in [-0.05, 0) is 23.6 Å². The zero-order valence-corrected chi connectivity index (χ0v) is 19.7. The molecule has 2 aromatic carbocycles. The van der Waals surface area contributed by atoms with Crippen LogP contribution in [0.25, 0.3) is 5.00 Å². The second kappa shape index (κ2) is 8.38. The molecule has 0 saturated heterocycles. The fourth-order valence-corrected chi connectivity index (χ4v) is 6.27. The van der Waals surface area contributed by atoms with Crippen LogP contribution >= 0.6 is 22.9 Å². The minimum absolute atomic E-state index is 0.365. The number of thiophene rings is 1. The third-order valence-corrected chi connectivity index (χ3v) is 7.79. The van der Waals surface area contributed by atoms with Gasteiger partial charge in [0.1, 0.15) is 17.4 Å². The molecule has 0 saturated carbocycles. The number of amides is 1. The fraction of sp³-hybridized carbons (Fsp3) is 0.200. The van der Waals surface area contributed by atoms with E-state index >= 15 is 0 Å². The molecule has 2 aliphatic heterocycles. The molecule has 1 N–H and O–H groups in total. The first kappa shape index (κ1) is 21.1. The molecule has 7 nitrogen and oxygen atoms in total. The maximum atomic E-state index is 11.7. The maximum Gasteiger partial charge on any atom is 0.407 e. The Kier molecular flexibility index (Phi) is 5.19. The summed E-state index contributed by atoms with van der Waals surface area (Å²) in [6.07, 6.45) is 0.366. The molecular formula is C25H20ClN5O2S. The van der Waals surface area contributed by atoms with E-state index < -0.39 is 6.09 Å². The molecule has 6 rings (SSSR count). The van der Waals surface area contributed by atoms with Crippen molar-refractivity contribution in [1.29, 1.82) is 0 Å². The third-order valence-electron chi connectivity index (χ3n) is 6.26. The smallest absolute Gasteiger partial charge is 0.407 e. The van der Waals surface area contributed by atoms with Crippen LogP contribution in [0.3, 0.4) is 0 Å². The monoisotopic (exact) mass is 489 g/mol. The van der Waals surface area contributed by atoms with E-state index in [0.29, 0.717) is 37.5 Å². The van der Waals surface area contributed by atoms with Gasteiger partial charge in [-0.3, -0.25) is 9.56 Å². The van der Waals surface area contributed by atoms with Crippen molar-refractivity contribution in [1.82, 2.24) is 19.7 Å². The second-order valence-electron chi connectivity index (χ2n) is 8.31. The molecule has 34 heavy (non-hydrogen) atoms. The molecule has 0 radical (unpaired) electrons.